The molecule has 1 unspecified atom stereocenters. The number of aryl methyl sites for hydroxylation is 1. The molecule has 1 atom stereocenters. The molecule has 0 aliphatic carbocycles. The number of rotatable bonds is 9. The van der Waals surface area contributed by atoms with Crippen molar-refractivity contribution in [2.75, 3.05) is 13.1 Å². The van der Waals surface area contributed by atoms with Gasteiger partial charge in [0.05, 0.1) is 10.9 Å². The number of nitrogens with one attached hydrogen (secondary N) is 2. The van der Waals surface area contributed by atoms with Crippen LogP contribution in [-0.4, -0.2) is 42.5 Å². The van der Waals surface area contributed by atoms with Gasteiger partial charge in [-0.15, -0.1) is 0 Å². The van der Waals surface area contributed by atoms with E-state index in [0.717, 1.165) is 5.56 Å². The summed E-state index contributed by atoms with van der Waals surface area (Å²) in [5, 5.41) is 2.93. The second-order valence-electron chi connectivity index (χ2n) is 7.24. The highest BCUT2D eigenvalue weighted by Crippen LogP contribution is 2.23. The standard InChI is InChI=1S/C22H31N3O4S/c1-7-19-20(16(6)26)15(5)23-21(19)22(27)24-14(4)17-10-12-18(13-11-17)30(28,29)25(8-2)9-3/h10-14,23H,7-9H2,1-6H3,(H,24,27). The van der Waals surface area contributed by atoms with Gasteiger partial charge in [-0.05, 0) is 50.5 Å². The highest BCUT2D eigenvalue weighted by molar-refractivity contribution is 7.89. The predicted molar refractivity (Wildman–Crippen MR) is 117 cm³/mol. The van der Waals surface area contributed by atoms with Gasteiger partial charge in [-0.3, -0.25) is 9.59 Å². The lowest BCUT2D eigenvalue weighted by atomic mass is 10.0. The van der Waals surface area contributed by atoms with Crippen molar-refractivity contribution < 1.29 is 18.0 Å². The molecule has 1 aromatic heterocycles. The SMILES string of the molecule is CCc1c(C(=O)NC(C)c2ccc(S(=O)(=O)N(CC)CC)cc2)[nH]c(C)c1C(C)=O. The van der Waals surface area contributed by atoms with E-state index in [1.165, 1.54) is 11.2 Å². The third-order valence-corrected chi connectivity index (χ3v) is 7.36. The molecule has 1 amide bonds. The molecule has 1 aromatic carbocycles. The summed E-state index contributed by atoms with van der Waals surface area (Å²) < 4.78 is 26.6. The number of ketones is 1. The summed E-state index contributed by atoms with van der Waals surface area (Å²) >= 11 is 0. The molecule has 164 valence electrons. The summed E-state index contributed by atoms with van der Waals surface area (Å²) in [6, 6.07) is 6.22. The number of hydrogen-bond acceptors (Lipinski definition) is 4. The molecule has 8 heteroatoms. The van der Waals surface area contributed by atoms with Crippen LogP contribution in [-0.2, 0) is 16.4 Å². The molecule has 0 aliphatic rings. The number of sulfonamides is 1. The van der Waals surface area contributed by atoms with Gasteiger partial charge in [0.1, 0.15) is 5.69 Å². The Labute approximate surface area is 178 Å². The molecule has 2 N–H and O–H groups in total. The van der Waals surface area contributed by atoms with Crippen LogP contribution in [0.4, 0.5) is 0 Å². The first-order valence-electron chi connectivity index (χ1n) is 10.2. The van der Waals surface area contributed by atoms with Gasteiger partial charge in [0.15, 0.2) is 5.78 Å². The van der Waals surface area contributed by atoms with Crippen LogP contribution in [0.1, 0.15) is 78.3 Å². The van der Waals surface area contributed by atoms with E-state index in [9.17, 15) is 18.0 Å². The van der Waals surface area contributed by atoms with Crippen molar-refractivity contribution in [1.82, 2.24) is 14.6 Å². The molecule has 1 heterocycles. The lowest BCUT2D eigenvalue weighted by Crippen LogP contribution is -2.30. The van der Waals surface area contributed by atoms with E-state index in [1.807, 2.05) is 13.8 Å². The molecular formula is C22H31N3O4S. The molecular weight excluding hydrogens is 402 g/mol. The Hall–Kier alpha value is -2.45. The fourth-order valence-corrected chi connectivity index (χ4v) is 5.15. The minimum Gasteiger partial charge on any atom is -0.354 e. The van der Waals surface area contributed by atoms with Crippen LogP contribution in [0.3, 0.4) is 0 Å². The zero-order chi connectivity index (χ0) is 22.6. The first-order valence-corrected chi connectivity index (χ1v) is 11.7. The van der Waals surface area contributed by atoms with Crippen molar-refractivity contribution in [1.29, 1.82) is 0 Å². The third kappa shape index (κ3) is 4.65. The fourth-order valence-electron chi connectivity index (χ4n) is 3.69. The number of benzene rings is 1. The Balaban J connectivity index is 2.23. The quantitative estimate of drug-likeness (QED) is 0.590. The Bertz CT molecular complexity index is 1020. The molecule has 30 heavy (non-hydrogen) atoms. The highest BCUT2D eigenvalue weighted by atomic mass is 32.2. The summed E-state index contributed by atoms with van der Waals surface area (Å²) in [5.74, 6) is -0.368. The smallest absolute Gasteiger partial charge is 0.268 e. The summed E-state index contributed by atoms with van der Waals surface area (Å²) in [6.45, 7) is 11.4. The second kappa shape index (κ2) is 9.57. The average molecular weight is 434 g/mol. The van der Waals surface area contributed by atoms with Crippen LogP contribution in [0.2, 0.25) is 0 Å². The second-order valence-corrected chi connectivity index (χ2v) is 9.18. The van der Waals surface area contributed by atoms with E-state index >= 15 is 0 Å². The molecule has 0 aliphatic heterocycles. The van der Waals surface area contributed by atoms with Gasteiger partial charge < -0.3 is 10.3 Å². The Morgan fingerprint density at radius 1 is 1.10 bits per heavy atom. The molecule has 2 aromatic rings. The minimum absolute atomic E-state index is 0.0716. The maximum absolute atomic E-state index is 12.8. The number of amides is 1. The number of hydrogen-bond donors (Lipinski definition) is 2. The Morgan fingerprint density at radius 3 is 2.13 bits per heavy atom. The van der Waals surface area contributed by atoms with E-state index in [2.05, 4.69) is 10.3 Å². The van der Waals surface area contributed by atoms with Gasteiger partial charge in [0.2, 0.25) is 10.0 Å². The number of Topliss-reactive ketones (excluding diaryl/α,β-unsaturated/α-hetero) is 1. The summed E-state index contributed by atoms with van der Waals surface area (Å²) in [5.41, 5.74) is 3.15. The van der Waals surface area contributed by atoms with E-state index in [4.69, 9.17) is 0 Å². The van der Waals surface area contributed by atoms with Crippen molar-refractivity contribution >= 4 is 21.7 Å². The lowest BCUT2D eigenvalue weighted by molar-refractivity contribution is 0.0934. The van der Waals surface area contributed by atoms with Gasteiger partial charge in [-0.1, -0.05) is 32.9 Å². The Morgan fingerprint density at radius 2 is 1.67 bits per heavy atom. The zero-order valence-corrected chi connectivity index (χ0v) is 19.3. The van der Waals surface area contributed by atoms with Gasteiger partial charge in [0.25, 0.3) is 5.91 Å². The predicted octanol–water partition coefficient (Wildman–Crippen LogP) is 3.61. The van der Waals surface area contributed by atoms with Gasteiger partial charge >= 0.3 is 0 Å². The number of nitrogens with zero attached hydrogens (tertiary/aromatic N) is 1. The van der Waals surface area contributed by atoms with Crippen LogP contribution in [0.5, 0.6) is 0 Å². The van der Waals surface area contributed by atoms with Gasteiger partial charge in [0, 0.05) is 24.3 Å². The van der Waals surface area contributed by atoms with Gasteiger partial charge in [-0.25, -0.2) is 8.42 Å². The number of aromatic nitrogens is 1. The number of carbonyl (C=O) groups is 2. The fraction of sp³-hybridized carbons (Fsp3) is 0.455. The highest BCUT2D eigenvalue weighted by Gasteiger charge is 2.24. The molecule has 0 saturated heterocycles. The van der Waals surface area contributed by atoms with E-state index in [0.29, 0.717) is 42.0 Å². The van der Waals surface area contributed by atoms with Crippen molar-refractivity contribution in [3.8, 4) is 0 Å². The van der Waals surface area contributed by atoms with Crippen LogP contribution in [0.25, 0.3) is 0 Å². The maximum atomic E-state index is 12.8. The zero-order valence-electron chi connectivity index (χ0n) is 18.5. The van der Waals surface area contributed by atoms with E-state index < -0.39 is 10.0 Å². The maximum Gasteiger partial charge on any atom is 0.268 e. The topological polar surface area (TPSA) is 99.3 Å². The number of aromatic amines is 1. The molecule has 0 radical (unpaired) electrons. The van der Waals surface area contributed by atoms with Crippen molar-refractivity contribution in [3.05, 3.63) is 52.3 Å². The molecule has 0 fully saturated rings. The molecule has 0 bridgehead atoms. The van der Waals surface area contributed by atoms with Crippen LogP contribution in [0.15, 0.2) is 29.2 Å². The van der Waals surface area contributed by atoms with Gasteiger partial charge in [-0.2, -0.15) is 4.31 Å². The van der Waals surface area contributed by atoms with E-state index in [1.54, 1.807) is 45.0 Å². The first-order chi connectivity index (χ1) is 14.1. The average Bonchev–Trinajstić information content (AvgIpc) is 3.05. The van der Waals surface area contributed by atoms with Crippen molar-refractivity contribution in [3.63, 3.8) is 0 Å². The third-order valence-electron chi connectivity index (χ3n) is 5.29. The summed E-state index contributed by atoms with van der Waals surface area (Å²) in [6.07, 6.45) is 0.564. The number of carbonyl (C=O) groups excluding carboxylic acids is 2. The van der Waals surface area contributed by atoms with E-state index in [-0.39, 0.29) is 22.6 Å². The normalized spacial score (nSPS) is 12.8. The van der Waals surface area contributed by atoms with Crippen LogP contribution < -0.4 is 5.32 Å². The molecule has 0 spiro atoms. The lowest BCUT2D eigenvalue weighted by Gasteiger charge is -2.19. The molecule has 7 nitrogen and oxygen atoms in total. The van der Waals surface area contributed by atoms with Crippen molar-refractivity contribution in [2.24, 2.45) is 0 Å². The summed E-state index contributed by atoms with van der Waals surface area (Å²) in [7, 11) is -3.52. The number of H-pyrrole nitrogens is 1. The first kappa shape index (κ1) is 23.8. The summed E-state index contributed by atoms with van der Waals surface area (Å²) in [4.78, 5) is 28.0. The Kier molecular flexibility index (Phi) is 7.60. The molecule has 0 saturated carbocycles. The molecule has 2 rings (SSSR count). The van der Waals surface area contributed by atoms with Crippen LogP contribution >= 0.6 is 0 Å². The largest absolute Gasteiger partial charge is 0.354 e. The van der Waals surface area contributed by atoms with Crippen LogP contribution in [0, 0.1) is 6.92 Å². The minimum atomic E-state index is -3.52. The van der Waals surface area contributed by atoms with Crippen molar-refractivity contribution in [2.45, 2.75) is 58.9 Å². The monoisotopic (exact) mass is 433 g/mol.